The van der Waals surface area contributed by atoms with Crippen LogP contribution in [0.15, 0.2) is 0 Å². The minimum atomic E-state index is -0.503. The number of rotatable bonds is 7. The van der Waals surface area contributed by atoms with Crippen LogP contribution in [-0.4, -0.2) is 74.0 Å². The predicted octanol–water partition coefficient (Wildman–Crippen LogP) is 2.72. The Labute approximate surface area is 125 Å². The largest absolute Gasteiger partial charge is 0.376 e. The highest BCUT2D eigenvalue weighted by Gasteiger charge is 2.01. The summed E-state index contributed by atoms with van der Waals surface area (Å²) in [4.78, 5) is 3.36. The van der Waals surface area contributed by atoms with E-state index in [9.17, 15) is 0 Å². The summed E-state index contributed by atoms with van der Waals surface area (Å²) < 4.78 is 4.83. The van der Waals surface area contributed by atoms with Crippen LogP contribution in [0.5, 0.6) is 0 Å². The normalized spacial score (nSPS) is 11.3. The van der Waals surface area contributed by atoms with E-state index in [1.54, 1.807) is 0 Å². The lowest BCUT2D eigenvalue weighted by Crippen LogP contribution is -2.25. The first-order valence-corrected chi connectivity index (χ1v) is 6.93. The van der Waals surface area contributed by atoms with Crippen LogP contribution in [0.1, 0.15) is 0 Å². The molecular weight excluding hydrogens is 306 g/mol. The van der Waals surface area contributed by atoms with Gasteiger partial charge in [-0.05, 0) is 28.2 Å². The Balaban J connectivity index is 0. The van der Waals surface area contributed by atoms with Crippen LogP contribution in [0.2, 0.25) is 0 Å². The van der Waals surface area contributed by atoms with E-state index in [1.807, 2.05) is 0 Å². The molecule has 0 aliphatic carbocycles. The number of likely N-dealkylation sites (N-methyl/N-ethyl adjacent to an activating group) is 2. The second kappa shape index (κ2) is 13.5. The van der Waals surface area contributed by atoms with E-state index in [-0.39, 0.29) is 13.2 Å². The van der Waals surface area contributed by atoms with Gasteiger partial charge in [0.2, 0.25) is 0 Å². The van der Waals surface area contributed by atoms with Crippen molar-refractivity contribution >= 4 is 46.4 Å². The highest BCUT2D eigenvalue weighted by molar-refractivity contribution is 6.44. The molecule has 7 heteroatoms. The zero-order valence-electron chi connectivity index (χ0n) is 10.8. The van der Waals surface area contributed by atoms with Crippen LogP contribution in [0, 0.1) is 0 Å². The van der Waals surface area contributed by atoms with Crippen molar-refractivity contribution < 1.29 is 4.74 Å². The third-order valence-electron chi connectivity index (χ3n) is 1.48. The monoisotopic (exact) mass is 326 g/mol. The second-order valence-electron chi connectivity index (χ2n) is 3.93. The summed E-state index contributed by atoms with van der Waals surface area (Å²) in [6.45, 7) is 2.82. The molecule has 17 heavy (non-hydrogen) atoms. The molecule has 0 atom stereocenters. The summed E-state index contributed by atoms with van der Waals surface area (Å²) in [5, 5.41) is 0. The third-order valence-corrected chi connectivity index (χ3v) is 1.99. The molecule has 0 radical (unpaired) electrons. The molecule has 0 N–H and O–H groups in total. The molecule has 0 saturated carbocycles. The smallest absolute Gasteiger partial charge is 0.131 e. The fraction of sp³-hybridized carbons (Fsp3) is 1.00. The maximum atomic E-state index is 5.32. The summed E-state index contributed by atoms with van der Waals surface area (Å²) >= 11 is 21.3. The van der Waals surface area contributed by atoms with Gasteiger partial charge < -0.3 is 14.5 Å². The van der Waals surface area contributed by atoms with E-state index >= 15 is 0 Å². The Hall–Kier alpha value is 1.04. The van der Waals surface area contributed by atoms with Gasteiger partial charge in [0.25, 0.3) is 0 Å². The molecule has 3 nitrogen and oxygen atoms in total. The van der Waals surface area contributed by atoms with Crippen LogP contribution in [-0.2, 0) is 4.74 Å². The summed E-state index contributed by atoms with van der Waals surface area (Å²) in [7, 11) is 8.35. The quantitative estimate of drug-likeness (QED) is 0.669. The average Bonchev–Trinajstić information content (AvgIpc) is 2.14. The number of alkyl halides is 4. The minimum Gasteiger partial charge on any atom is -0.376 e. The van der Waals surface area contributed by atoms with E-state index in [4.69, 9.17) is 51.1 Å². The van der Waals surface area contributed by atoms with Crippen LogP contribution in [0.4, 0.5) is 0 Å². The Bertz CT molecular complexity index is 141. The molecule has 0 heterocycles. The zero-order valence-corrected chi connectivity index (χ0v) is 13.8. The van der Waals surface area contributed by atoms with Crippen molar-refractivity contribution in [2.24, 2.45) is 0 Å². The molecular formula is C10H22Cl4N2O. The summed E-state index contributed by atoms with van der Waals surface area (Å²) in [5.41, 5.74) is 0. The molecule has 0 amide bonds. The summed E-state index contributed by atoms with van der Waals surface area (Å²) in [5.74, 6) is 0. The first kappa shape index (κ1) is 20.4. The lowest BCUT2D eigenvalue weighted by Gasteiger charge is -2.13. The molecule has 0 unspecified atom stereocenters. The number of ether oxygens (including phenoxy) is 1. The van der Waals surface area contributed by atoms with Gasteiger partial charge in [-0.3, -0.25) is 0 Å². The van der Waals surface area contributed by atoms with E-state index in [0.29, 0.717) is 0 Å². The van der Waals surface area contributed by atoms with Gasteiger partial charge in [0.05, 0.1) is 13.2 Å². The van der Waals surface area contributed by atoms with Gasteiger partial charge in [0, 0.05) is 13.1 Å². The lowest BCUT2D eigenvalue weighted by molar-refractivity contribution is 0.155. The van der Waals surface area contributed by atoms with Gasteiger partial charge >= 0.3 is 0 Å². The molecule has 0 aliphatic rings. The molecule has 0 fully saturated rings. The van der Waals surface area contributed by atoms with Crippen LogP contribution in [0.3, 0.4) is 0 Å². The fourth-order valence-electron chi connectivity index (χ4n) is 0.646. The zero-order chi connectivity index (χ0) is 13.8. The standard InChI is InChI=1S/C6H16N2.C4H6Cl4O/c1-7(2)5-6-8(3)4;5-3(6)1-9-2-4(7)8/h5-6H2,1-4H3;3-4H,1-2H2. The van der Waals surface area contributed by atoms with Crippen molar-refractivity contribution in [1.82, 2.24) is 9.80 Å². The highest BCUT2D eigenvalue weighted by Crippen LogP contribution is 2.05. The lowest BCUT2D eigenvalue weighted by atomic mass is 10.5. The molecule has 0 aromatic heterocycles. The van der Waals surface area contributed by atoms with Crippen molar-refractivity contribution in [2.75, 3.05) is 54.5 Å². The SMILES string of the molecule is CN(C)CCN(C)C.ClC(Cl)COCC(Cl)Cl. The van der Waals surface area contributed by atoms with E-state index in [0.717, 1.165) is 13.1 Å². The van der Waals surface area contributed by atoms with Crippen molar-refractivity contribution in [2.45, 2.75) is 9.67 Å². The van der Waals surface area contributed by atoms with Crippen LogP contribution in [0.25, 0.3) is 0 Å². The number of hydrogen-bond donors (Lipinski definition) is 0. The molecule has 0 bridgehead atoms. The Morgan fingerprint density at radius 2 is 1.06 bits per heavy atom. The Morgan fingerprint density at radius 1 is 0.765 bits per heavy atom. The predicted molar refractivity (Wildman–Crippen MR) is 78.9 cm³/mol. The van der Waals surface area contributed by atoms with E-state index in [2.05, 4.69) is 38.0 Å². The van der Waals surface area contributed by atoms with Crippen molar-refractivity contribution in [3.63, 3.8) is 0 Å². The molecule has 0 rings (SSSR count). The van der Waals surface area contributed by atoms with Crippen molar-refractivity contribution in [1.29, 1.82) is 0 Å². The maximum Gasteiger partial charge on any atom is 0.131 e. The molecule has 0 aromatic rings. The van der Waals surface area contributed by atoms with Crippen LogP contribution < -0.4 is 0 Å². The molecule has 0 saturated heterocycles. The average molecular weight is 328 g/mol. The second-order valence-corrected chi connectivity index (χ2v) is 6.48. The maximum absolute atomic E-state index is 5.32. The fourth-order valence-corrected chi connectivity index (χ4v) is 1.00. The van der Waals surface area contributed by atoms with Gasteiger partial charge in [0.1, 0.15) is 9.67 Å². The number of halogens is 4. The van der Waals surface area contributed by atoms with Crippen LogP contribution >= 0.6 is 46.4 Å². The minimum absolute atomic E-state index is 0.263. The van der Waals surface area contributed by atoms with Gasteiger partial charge in [-0.15, -0.1) is 46.4 Å². The Kier molecular flexibility index (Phi) is 16.1. The third kappa shape index (κ3) is 26.6. The molecule has 0 spiro atoms. The van der Waals surface area contributed by atoms with Gasteiger partial charge in [-0.2, -0.15) is 0 Å². The van der Waals surface area contributed by atoms with Gasteiger partial charge in [-0.1, -0.05) is 0 Å². The molecule has 0 aliphatic heterocycles. The van der Waals surface area contributed by atoms with Gasteiger partial charge in [-0.25, -0.2) is 0 Å². The number of hydrogen-bond acceptors (Lipinski definition) is 3. The Morgan fingerprint density at radius 3 is 1.24 bits per heavy atom. The molecule has 0 aromatic carbocycles. The highest BCUT2D eigenvalue weighted by atomic mass is 35.5. The molecule has 106 valence electrons. The van der Waals surface area contributed by atoms with Gasteiger partial charge in [0.15, 0.2) is 0 Å². The summed E-state index contributed by atoms with van der Waals surface area (Å²) in [6, 6.07) is 0. The van der Waals surface area contributed by atoms with Crippen molar-refractivity contribution in [3.8, 4) is 0 Å². The van der Waals surface area contributed by atoms with E-state index in [1.165, 1.54) is 0 Å². The van der Waals surface area contributed by atoms with Crippen molar-refractivity contribution in [3.05, 3.63) is 0 Å². The summed E-state index contributed by atoms with van der Waals surface area (Å²) in [6.07, 6.45) is 0. The first-order chi connectivity index (χ1) is 7.75. The topological polar surface area (TPSA) is 15.7 Å². The number of nitrogens with zero attached hydrogens (tertiary/aromatic N) is 2. The van der Waals surface area contributed by atoms with E-state index < -0.39 is 9.67 Å². The first-order valence-electron chi connectivity index (χ1n) is 5.19.